The van der Waals surface area contributed by atoms with Gasteiger partial charge in [0.15, 0.2) is 0 Å². The van der Waals surface area contributed by atoms with Crippen molar-refractivity contribution in [2.45, 2.75) is 25.9 Å². The van der Waals surface area contributed by atoms with Crippen molar-refractivity contribution in [3.8, 4) is 5.75 Å². The summed E-state index contributed by atoms with van der Waals surface area (Å²) in [7, 11) is 0. The molecule has 1 saturated heterocycles. The summed E-state index contributed by atoms with van der Waals surface area (Å²) in [5.74, 6) is 1.02. The minimum Gasteiger partial charge on any atom is -0.508 e. The lowest BCUT2D eigenvalue weighted by Crippen LogP contribution is -2.37. The molecule has 1 aromatic rings. The van der Waals surface area contributed by atoms with Crippen LogP contribution in [0.2, 0.25) is 0 Å². The lowest BCUT2D eigenvalue weighted by Gasteiger charge is -2.25. The van der Waals surface area contributed by atoms with E-state index < -0.39 is 0 Å². The zero-order chi connectivity index (χ0) is 11.5. The number of nitrogens with zero attached hydrogens (tertiary/aromatic N) is 1. The predicted molar refractivity (Wildman–Crippen MR) is 65.1 cm³/mol. The maximum Gasteiger partial charge on any atom is 0.115 e. The van der Waals surface area contributed by atoms with Crippen LogP contribution in [0.4, 0.5) is 0 Å². The molecule has 0 aromatic heterocycles. The number of aromatic hydroxyl groups is 1. The largest absolute Gasteiger partial charge is 0.508 e. The van der Waals surface area contributed by atoms with Gasteiger partial charge in [0, 0.05) is 19.1 Å². The second-order valence-corrected chi connectivity index (χ2v) is 4.71. The van der Waals surface area contributed by atoms with Crippen molar-refractivity contribution < 1.29 is 5.11 Å². The SMILES string of the molecule is CC1CCN(Cc2cccc(O)c2)C1CN. The first-order valence-electron chi connectivity index (χ1n) is 5.92. The van der Waals surface area contributed by atoms with E-state index in [0.717, 1.165) is 25.2 Å². The molecule has 0 radical (unpaired) electrons. The van der Waals surface area contributed by atoms with Crippen LogP contribution in [-0.2, 0) is 6.54 Å². The van der Waals surface area contributed by atoms with Crippen molar-refractivity contribution >= 4 is 0 Å². The fourth-order valence-electron chi connectivity index (χ4n) is 2.55. The van der Waals surface area contributed by atoms with Crippen molar-refractivity contribution in [2.75, 3.05) is 13.1 Å². The maximum absolute atomic E-state index is 9.42. The summed E-state index contributed by atoms with van der Waals surface area (Å²) in [5.41, 5.74) is 6.97. The van der Waals surface area contributed by atoms with Gasteiger partial charge in [-0.25, -0.2) is 0 Å². The van der Waals surface area contributed by atoms with Crippen molar-refractivity contribution in [3.63, 3.8) is 0 Å². The Kier molecular flexibility index (Phi) is 3.46. The Labute approximate surface area is 96.9 Å². The van der Waals surface area contributed by atoms with E-state index in [1.807, 2.05) is 12.1 Å². The minimum atomic E-state index is 0.342. The van der Waals surface area contributed by atoms with Gasteiger partial charge in [0.1, 0.15) is 5.75 Å². The normalized spacial score (nSPS) is 26.1. The molecular weight excluding hydrogens is 200 g/mol. The number of hydrogen-bond acceptors (Lipinski definition) is 3. The maximum atomic E-state index is 9.42. The molecule has 3 nitrogen and oxygen atoms in total. The highest BCUT2D eigenvalue weighted by molar-refractivity contribution is 5.27. The average molecular weight is 220 g/mol. The van der Waals surface area contributed by atoms with E-state index in [0.29, 0.717) is 17.7 Å². The van der Waals surface area contributed by atoms with E-state index in [4.69, 9.17) is 5.73 Å². The molecule has 0 amide bonds. The molecule has 3 heteroatoms. The molecule has 0 spiro atoms. The second kappa shape index (κ2) is 4.85. The molecule has 1 aliphatic rings. The number of nitrogens with two attached hydrogens (primary N) is 1. The van der Waals surface area contributed by atoms with Gasteiger partial charge in [0.05, 0.1) is 0 Å². The summed E-state index contributed by atoms with van der Waals surface area (Å²) >= 11 is 0. The quantitative estimate of drug-likeness (QED) is 0.812. The lowest BCUT2D eigenvalue weighted by molar-refractivity contribution is 0.228. The highest BCUT2D eigenvalue weighted by atomic mass is 16.3. The van der Waals surface area contributed by atoms with Crippen LogP contribution in [-0.4, -0.2) is 29.1 Å². The Balaban J connectivity index is 2.04. The molecule has 1 fully saturated rings. The zero-order valence-electron chi connectivity index (χ0n) is 9.76. The summed E-state index contributed by atoms with van der Waals surface area (Å²) < 4.78 is 0. The summed E-state index contributed by atoms with van der Waals surface area (Å²) in [4.78, 5) is 2.42. The Hall–Kier alpha value is -1.06. The van der Waals surface area contributed by atoms with E-state index in [1.165, 1.54) is 6.42 Å². The number of likely N-dealkylation sites (tertiary alicyclic amines) is 1. The van der Waals surface area contributed by atoms with Crippen LogP contribution in [0.1, 0.15) is 18.9 Å². The molecular formula is C13H20N2O. The van der Waals surface area contributed by atoms with Gasteiger partial charge in [-0.15, -0.1) is 0 Å². The van der Waals surface area contributed by atoms with E-state index in [1.54, 1.807) is 6.07 Å². The molecule has 0 saturated carbocycles. The van der Waals surface area contributed by atoms with Gasteiger partial charge in [-0.3, -0.25) is 4.90 Å². The van der Waals surface area contributed by atoms with Crippen molar-refractivity contribution in [1.82, 2.24) is 4.90 Å². The molecule has 1 heterocycles. The van der Waals surface area contributed by atoms with Gasteiger partial charge in [-0.2, -0.15) is 0 Å². The van der Waals surface area contributed by atoms with Crippen LogP contribution in [0, 0.1) is 5.92 Å². The molecule has 3 N–H and O–H groups in total. The molecule has 2 rings (SSSR count). The van der Waals surface area contributed by atoms with Gasteiger partial charge in [-0.05, 0) is 36.6 Å². The third-order valence-corrected chi connectivity index (χ3v) is 3.54. The van der Waals surface area contributed by atoms with E-state index in [-0.39, 0.29) is 0 Å². The molecule has 0 aliphatic carbocycles. The lowest BCUT2D eigenvalue weighted by atomic mass is 10.0. The molecule has 2 unspecified atom stereocenters. The van der Waals surface area contributed by atoms with Crippen LogP contribution in [0.25, 0.3) is 0 Å². The summed E-state index contributed by atoms with van der Waals surface area (Å²) in [6.45, 7) is 4.99. The minimum absolute atomic E-state index is 0.342. The first-order valence-corrected chi connectivity index (χ1v) is 5.92. The smallest absolute Gasteiger partial charge is 0.115 e. The number of hydrogen-bond donors (Lipinski definition) is 2. The molecule has 1 aromatic carbocycles. The van der Waals surface area contributed by atoms with Crippen LogP contribution in [0.3, 0.4) is 0 Å². The van der Waals surface area contributed by atoms with Crippen LogP contribution >= 0.6 is 0 Å². The molecule has 88 valence electrons. The van der Waals surface area contributed by atoms with Crippen LogP contribution < -0.4 is 5.73 Å². The Morgan fingerprint density at radius 2 is 2.31 bits per heavy atom. The Morgan fingerprint density at radius 1 is 1.50 bits per heavy atom. The fraction of sp³-hybridized carbons (Fsp3) is 0.538. The number of rotatable bonds is 3. The van der Waals surface area contributed by atoms with E-state index in [9.17, 15) is 5.11 Å². The number of benzene rings is 1. The second-order valence-electron chi connectivity index (χ2n) is 4.71. The topological polar surface area (TPSA) is 49.5 Å². The van der Waals surface area contributed by atoms with E-state index >= 15 is 0 Å². The van der Waals surface area contributed by atoms with Crippen LogP contribution in [0.5, 0.6) is 5.75 Å². The standard InChI is InChI=1S/C13H20N2O/c1-10-5-6-15(13(10)8-14)9-11-3-2-4-12(16)7-11/h2-4,7,10,13,16H,5-6,8-9,14H2,1H3. The molecule has 0 bridgehead atoms. The fourth-order valence-corrected chi connectivity index (χ4v) is 2.55. The van der Waals surface area contributed by atoms with E-state index in [2.05, 4.69) is 17.9 Å². The summed E-state index contributed by atoms with van der Waals surface area (Å²) in [5, 5.41) is 9.42. The monoisotopic (exact) mass is 220 g/mol. The Morgan fingerprint density at radius 3 is 3.00 bits per heavy atom. The summed E-state index contributed by atoms with van der Waals surface area (Å²) in [6, 6.07) is 7.97. The highest BCUT2D eigenvalue weighted by Gasteiger charge is 2.29. The van der Waals surface area contributed by atoms with Gasteiger partial charge in [-0.1, -0.05) is 19.1 Å². The third kappa shape index (κ3) is 2.36. The zero-order valence-corrected chi connectivity index (χ0v) is 9.76. The van der Waals surface area contributed by atoms with Gasteiger partial charge < -0.3 is 10.8 Å². The first kappa shape index (κ1) is 11.4. The first-order chi connectivity index (χ1) is 7.70. The highest BCUT2D eigenvalue weighted by Crippen LogP contribution is 2.25. The average Bonchev–Trinajstić information content (AvgIpc) is 2.59. The number of phenols is 1. The predicted octanol–water partition coefficient (Wildman–Crippen LogP) is 1.56. The van der Waals surface area contributed by atoms with Gasteiger partial charge in [0.2, 0.25) is 0 Å². The third-order valence-electron chi connectivity index (χ3n) is 3.54. The molecule has 1 aliphatic heterocycles. The van der Waals surface area contributed by atoms with Crippen molar-refractivity contribution in [2.24, 2.45) is 11.7 Å². The molecule has 16 heavy (non-hydrogen) atoms. The van der Waals surface area contributed by atoms with Crippen molar-refractivity contribution in [1.29, 1.82) is 0 Å². The number of phenolic OH excluding ortho intramolecular Hbond substituents is 1. The van der Waals surface area contributed by atoms with Gasteiger partial charge >= 0.3 is 0 Å². The Bertz CT molecular complexity index is 354. The van der Waals surface area contributed by atoms with Crippen molar-refractivity contribution in [3.05, 3.63) is 29.8 Å². The van der Waals surface area contributed by atoms with Gasteiger partial charge in [0.25, 0.3) is 0 Å². The molecule has 2 atom stereocenters. The summed E-state index contributed by atoms with van der Waals surface area (Å²) in [6.07, 6.45) is 1.22. The van der Waals surface area contributed by atoms with Crippen LogP contribution in [0.15, 0.2) is 24.3 Å².